The zero-order valence-corrected chi connectivity index (χ0v) is 8.73. The number of benzene rings is 1. The molecule has 0 fully saturated rings. The Hall–Kier alpha value is -1.16. The molecule has 0 atom stereocenters. The summed E-state index contributed by atoms with van der Waals surface area (Å²) in [4.78, 5) is 0. The summed E-state index contributed by atoms with van der Waals surface area (Å²) >= 11 is 5.60. The Morgan fingerprint density at radius 2 is 1.93 bits per heavy atom. The van der Waals surface area contributed by atoms with E-state index in [2.05, 4.69) is 0 Å². The fraction of sp³-hybridized carbons (Fsp3) is 0.333. The number of hydrogen-bond donors (Lipinski definition) is 2. The first-order valence-electron chi connectivity index (χ1n) is 4.13. The van der Waals surface area contributed by atoms with Gasteiger partial charge < -0.3 is 16.2 Å². The van der Waals surface area contributed by atoms with Gasteiger partial charge in [-0.3, -0.25) is 0 Å². The molecule has 0 amide bonds. The molecule has 0 radical (unpaired) electrons. The third kappa shape index (κ3) is 2.01. The Kier molecular flexibility index (Phi) is 3.06. The van der Waals surface area contributed by atoms with Crippen LogP contribution in [0, 0.1) is 5.82 Å². The lowest BCUT2D eigenvalue weighted by molar-refractivity contribution is 0.233. The molecule has 0 saturated heterocycles. The average Bonchev–Trinajstić information content (AvgIpc) is 2.09. The van der Waals surface area contributed by atoms with Gasteiger partial charge in [-0.1, -0.05) is 11.6 Å². The van der Waals surface area contributed by atoms with E-state index in [1.807, 2.05) is 0 Å². The third-order valence-corrected chi connectivity index (χ3v) is 1.96. The number of hydrogen-bond acceptors (Lipinski definition) is 3. The van der Waals surface area contributed by atoms with Crippen molar-refractivity contribution in [1.29, 1.82) is 0 Å². The quantitative estimate of drug-likeness (QED) is 0.750. The maximum Gasteiger partial charge on any atom is 0.187 e. The number of ether oxygens (including phenoxy) is 1. The molecule has 14 heavy (non-hydrogen) atoms. The SMILES string of the molecule is CC(C)Oc1c(N)cc(N)c(Cl)c1F. The number of nitrogen functional groups attached to an aromatic ring is 2. The Morgan fingerprint density at radius 3 is 2.43 bits per heavy atom. The molecule has 1 rings (SSSR count). The van der Waals surface area contributed by atoms with E-state index in [1.165, 1.54) is 6.07 Å². The molecule has 0 aliphatic carbocycles. The zero-order chi connectivity index (χ0) is 10.9. The summed E-state index contributed by atoms with van der Waals surface area (Å²) in [6.07, 6.45) is -0.175. The lowest BCUT2D eigenvalue weighted by Crippen LogP contribution is -2.10. The van der Waals surface area contributed by atoms with Crippen LogP contribution in [0.5, 0.6) is 5.75 Å². The molecule has 0 heterocycles. The Labute approximate surface area is 86.8 Å². The van der Waals surface area contributed by atoms with E-state index in [0.29, 0.717) is 0 Å². The fourth-order valence-electron chi connectivity index (χ4n) is 1.01. The largest absolute Gasteiger partial charge is 0.486 e. The van der Waals surface area contributed by atoms with Crippen LogP contribution in [0.25, 0.3) is 0 Å². The van der Waals surface area contributed by atoms with Gasteiger partial charge in [-0.05, 0) is 19.9 Å². The molecule has 1 aromatic rings. The Bertz CT molecular complexity index is 355. The van der Waals surface area contributed by atoms with Crippen molar-refractivity contribution in [2.75, 3.05) is 11.5 Å². The molecule has 5 heteroatoms. The van der Waals surface area contributed by atoms with Crippen LogP contribution < -0.4 is 16.2 Å². The molecule has 0 bridgehead atoms. The van der Waals surface area contributed by atoms with E-state index >= 15 is 0 Å². The van der Waals surface area contributed by atoms with Crippen LogP contribution in [0.2, 0.25) is 5.02 Å². The topological polar surface area (TPSA) is 61.3 Å². The number of halogens is 2. The van der Waals surface area contributed by atoms with Crippen LogP contribution in [0.15, 0.2) is 6.07 Å². The molecular formula is C9H12ClFN2O. The Morgan fingerprint density at radius 1 is 1.36 bits per heavy atom. The summed E-state index contributed by atoms with van der Waals surface area (Å²) in [6.45, 7) is 3.53. The highest BCUT2D eigenvalue weighted by molar-refractivity contribution is 6.33. The second-order valence-electron chi connectivity index (χ2n) is 3.18. The van der Waals surface area contributed by atoms with E-state index in [4.69, 9.17) is 27.8 Å². The lowest BCUT2D eigenvalue weighted by atomic mass is 10.2. The van der Waals surface area contributed by atoms with Crippen molar-refractivity contribution in [3.8, 4) is 5.75 Å². The van der Waals surface area contributed by atoms with Crippen LogP contribution >= 0.6 is 11.6 Å². The minimum atomic E-state index is -0.710. The maximum absolute atomic E-state index is 13.5. The van der Waals surface area contributed by atoms with Crippen molar-refractivity contribution >= 4 is 23.0 Å². The van der Waals surface area contributed by atoms with Gasteiger partial charge in [0, 0.05) is 0 Å². The molecule has 0 unspecified atom stereocenters. The van der Waals surface area contributed by atoms with Crippen molar-refractivity contribution in [3.63, 3.8) is 0 Å². The number of nitrogens with two attached hydrogens (primary N) is 2. The molecular weight excluding hydrogens is 207 g/mol. The van der Waals surface area contributed by atoms with E-state index in [-0.39, 0.29) is 28.3 Å². The van der Waals surface area contributed by atoms with Crippen molar-refractivity contribution in [3.05, 3.63) is 16.9 Å². The van der Waals surface area contributed by atoms with Crippen LogP contribution in [0.3, 0.4) is 0 Å². The van der Waals surface area contributed by atoms with Crippen molar-refractivity contribution in [1.82, 2.24) is 0 Å². The monoisotopic (exact) mass is 218 g/mol. The lowest BCUT2D eigenvalue weighted by Gasteiger charge is -2.14. The summed E-state index contributed by atoms with van der Waals surface area (Å²) in [5.41, 5.74) is 11.2. The Balaban J connectivity index is 3.22. The zero-order valence-electron chi connectivity index (χ0n) is 7.97. The molecule has 0 aliphatic rings. The minimum Gasteiger partial charge on any atom is -0.486 e. The first-order valence-corrected chi connectivity index (χ1v) is 4.51. The minimum absolute atomic E-state index is 0.0424. The first kappa shape index (κ1) is 10.9. The summed E-state index contributed by atoms with van der Waals surface area (Å²) in [6, 6.07) is 1.38. The highest BCUT2D eigenvalue weighted by Gasteiger charge is 2.16. The maximum atomic E-state index is 13.5. The molecule has 0 aliphatic heterocycles. The molecule has 0 aromatic heterocycles. The number of anilines is 2. The molecule has 78 valence electrons. The van der Waals surface area contributed by atoms with E-state index in [9.17, 15) is 4.39 Å². The number of rotatable bonds is 2. The van der Waals surface area contributed by atoms with Gasteiger partial charge in [-0.15, -0.1) is 0 Å². The van der Waals surface area contributed by atoms with Crippen molar-refractivity contribution in [2.45, 2.75) is 20.0 Å². The molecule has 4 N–H and O–H groups in total. The smallest absolute Gasteiger partial charge is 0.187 e. The first-order chi connectivity index (χ1) is 6.43. The van der Waals surface area contributed by atoms with Gasteiger partial charge in [-0.2, -0.15) is 0 Å². The van der Waals surface area contributed by atoms with Crippen LogP contribution in [0.4, 0.5) is 15.8 Å². The van der Waals surface area contributed by atoms with Gasteiger partial charge in [0.2, 0.25) is 0 Å². The average molecular weight is 219 g/mol. The molecule has 3 nitrogen and oxygen atoms in total. The van der Waals surface area contributed by atoms with Crippen molar-refractivity contribution in [2.24, 2.45) is 0 Å². The predicted molar refractivity (Wildman–Crippen MR) is 56.0 cm³/mol. The van der Waals surface area contributed by atoms with Crippen LogP contribution in [0.1, 0.15) is 13.8 Å². The highest BCUT2D eigenvalue weighted by Crippen LogP contribution is 2.35. The van der Waals surface area contributed by atoms with Gasteiger partial charge in [0.25, 0.3) is 0 Å². The summed E-state index contributed by atoms with van der Waals surface area (Å²) in [7, 11) is 0. The van der Waals surface area contributed by atoms with Gasteiger partial charge in [-0.25, -0.2) is 4.39 Å². The summed E-state index contributed by atoms with van der Waals surface area (Å²) in [5, 5.41) is -0.158. The van der Waals surface area contributed by atoms with E-state index in [1.54, 1.807) is 13.8 Å². The third-order valence-electron chi connectivity index (χ3n) is 1.57. The van der Waals surface area contributed by atoms with Crippen LogP contribution in [-0.2, 0) is 0 Å². The molecule has 1 aromatic carbocycles. The fourth-order valence-corrected chi connectivity index (χ4v) is 1.15. The van der Waals surface area contributed by atoms with E-state index < -0.39 is 5.82 Å². The normalized spacial score (nSPS) is 10.6. The van der Waals surface area contributed by atoms with Gasteiger partial charge in [0.1, 0.15) is 5.02 Å². The second kappa shape index (κ2) is 3.92. The highest BCUT2D eigenvalue weighted by atomic mass is 35.5. The van der Waals surface area contributed by atoms with Crippen LogP contribution in [-0.4, -0.2) is 6.10 Å². The summed E-state index contributed by atoms with van der Waals surface area (Å²) < 4.78 is 18.6. The van der Waals surface area contributed by atoms with Crippen molar-refractivity contribution < 1.29 is 9.13 Å². The molecule has 0 saturated carbocycles. The van der Waals surface area contributed by atoms with Gasteiger partial charge >= 0.3 is 0 Å². The molecule has 0 spiro atoms. The summed E-state index contributed by atoms with van der Waals surface area (Å²) in [5.74, 6) is -0.753. The predicted octanol–water partition coefficient (Wildman–Crippen LogP) is 2.43. The second-order valence-corrected chi connectivity index (χ2v) is 3.56. The van der Waals surface area contributed by atoms with E-state index in [0.717, 1.165) is 0 Å². The van der Waals surface area contributed by atoms with Gasteiger partial charge in [0.15, 0.2) is 11.6 Å². The standard InChI is InChI=1S/C9H12ClFN2O/c1-4(2)14-9-6(13)3-5(12)7(10)8(9)11/h3-4H,12-13H2,1-2H3. The van der Waals surface area contributed by atoms with Gasteiger partial charge in [0.05, 0.1) is 17.5 Å².